The minimum atomic E-state index is -0.342. The molecule has 2 fully saturated rings. The largest absolute Gasteiger partial charge is 0.504 e. The molecular weight excluding hydrogens is 605 g/mol. The quantitative estimate of drug-likeness (QED) is 0.183. The molecule has 2 aromatic rings. The first-order valence-electron chi connectivity index (χ1n) is 13.9. The third-order valence-electron chi connectivity index (χ3n) is 8.39. The number of phenols is 1. The molecule has 2 aromatic carbocycles. The standard InChI is InChI=1S/C32H36INO5/c1-4-9-19(14-20-15-25(33)30(35)27(16-20)38-3)12-13-26-28-21(5-2)17-23-29(24(28)18-39-26)32(37)34(31(23)36)22-10-7-6-8-11-22/h6-8,10-11,14-16,23-24,26,29,35H,4-5,9,12-13,17-18H2,1-3H3/b19-14+/t23-,24+,26-,29-/m1/s1. The molecule has 206 valence electrons. The molecule has 2 aliphatic heterocycles. The number of aromatic hydroxyl groups is 1. The van der Waals surface area contributed by atoms with Gasteiger partial charge < -0.3 is 14.6 Å². The van der Waals surface area contributed by atoms with E-state index in [1.165, 1.54) is 21.6 Å². The summed E-state index contributed by atoms with van der Waals surface area (Å²) in [6.07, 6.45) is 7.40. The number of benzene rings is 2. The molecule has 2 heterocycles. The van der Waals surface area contributed by atoms with E-state index in [4.69, 9.17) is 9.47 Å². The first kappa shape index (κ1) is 27.9. The predicted octanol–water partition coefficient (Wildman–Crippen LogP) is 6.90. The van der Waals surface area contributed by atoms with Crippen LogP contribution in [0.2, 0.25) is 0 Å². The molecule has 7 heteroatoms. The van der Waals surface area contributed by atoms with Gasteiger partial charge in [-0.2, -0.15) is 0 Å². The van der Waals surface area contributed by atoms with Gasteiger partial charge in [0.2, 0.25) is 11.8 Å². The van der Waals surface area contributed by atoms with E-state index >= 15 is 0 Å². The third kappa shape index (κ3) is 5.27. The molecule has 0 saturated carbocycles. The fourth-order valence-electron chi connectivity index (χ4n) is 6.62. The highest BCUT2D eigenvalue weighted by Crippen LogP contribution is 2.51. The van der Waals surface area contributed by atoms with Gasteiger partial charge in [0.05, 0.1) is 40.9 Å². The smallest absolute Gasteiger partial charge is 0.238 e. The van der Waals surface area contributed by atoms with Crippen molar-refractivity contribution in [1.82, 2.24) is 0 Å². The molecule has 4 atom stereocenters. The van der Waals surface area contributed by atoms with Crippen molar-refractivity contribution in [2.45, 2.75) is 58.5 Å². The molecule has 0 spiro atoms. The SMILES string of the molecule is CCC/C(=C\c1cc(I)c(O)c(OC)c1)CC[C@H]1OC[C@H]2C1=C(CC)C[C@H]1C(=O)N(c3ccccc3)C(=O)[C@H]12. The van der Waals surface area contributed by atoms with E-state index in [1.54, 1.807) is 7.11 Å². The van der Waals surface area contributed by atoms with Crippen molar-refractivity contribution in [1.29, 1.82) is 0 Å². The monoisotopic (exact) mass is 641 g/mol. The van der Waals surface area contributed by atoms with Crippen LogP contribution in [0, 0.1) is 21.3 Å². The van der Waals surface area contributed by atoms with Crippen LogP contribution in [0.15, 0.2) is 59.2 Å². The van der Waals surface area contributed by atoms with Crippen LogP contribution in [0.5, 0.6) is 11.5 Å². The van der Waals surface area contributed by atoms with Gasteiger partial charge in [-0.05, 0) is 90.1 Å². The van der Waals surface area contributed by atoms with Gasteiger partial charge in [-0.25, -0.2) is 0 Å². The normalized spacial score (nSPS) is 24.8. The molecule has 2 amide bonds. The van der Waals surface area contributed by atoms with Gasteiger partial charge in [0.15, 0.2) is 11.5 Å². The maximum Gasteiger partial charge on any atom is 0.238 e. The summed E-state index contributed by atoms with van der Waals surface area (Å²) in [6, 6.07) is 13.1. The first-order valence-corrected chi connectivity index (χ1v) is 15.0. The number of nitrogens with zero attached hydrogens (tertiary/aromatic N) is 1. The van der Waals surface area contributed by atoms with Gasteiger partial charge in [0.1, 0.15) is 0 Å². The molecule has 0 radical (unpaired) electrons. The highest BCUT2D eigenvalue weighted by molar-refractivity contribution is 14.1. The zero-order valence-electron chi connectivity index (χ0n) is 22.8. The number of rotatable bonds is 9. The highest BCUT2D eigenvalue weighted by atomic mass is 127. The van der Waals surface area contributed by atoms with Crippen LogP contribution in [0.25, 0.3) is 6.08 Å². The molecule has 2 saturated heterocycles. The van der Waals surface area contributed by atoms with Crippen LogP contribution in [0.3, 0.4) is 0 Å². The van der Waals surface area contributed by atoms with Gasteiger partial charge in [0, 0.05) is 5.92 Å². The number of anilines is 1. The molecule has 39 heavy (non-hydrogen) atoms. The van der Waals surface area contributed by atoms with Crippen molar-refractivity contribution < 1.29 is 24.2 Å². The number of halogens is 1. The number of hydrogen-bond acceptors (Lipinski definition) is 5. The number of phenolic OH excluding ortho intramolecular Hbond substituents is 1. The van der Waals surface area contributed by atoms with Crippen LogP contribution in [0.1, 0.15) is 57.9 Å². The molecule has 3 aliphatic rings. The molecule has 0 unspecified atom stereocenters. The maximum atomic E-state index is 13.6. The second kappa shape index (κ2) is 11.8. The maximum absolute atomic E-state index is 13.6. The molecule has 5 rings (SSSR count). The lowest BCUT2D eigenvalue weighted by Crippen LogP contribution is -2.34. The van der Waals surface area contributed by atoms with Gasteiger partial charge >= 0.3 is 0 Å². The molecule has 0 bridgehead atoms. The average molecular weight is 642 g/mol. The van der Waals surface area contributed by atoms with Crippen LogP contribution in [-0.4, -0.2) is 36.7 Å². The van der Waals surface area contributed by atoms with Gasteiger partial charge in [-0.1, -0.05) is 55.7 Å². The van der Waals surface area contributed by atoms with Crippen molar-refractivity contribution in [2.24, 2.45) is 17.8 Å². The Morgan fingerprint density at radius 1 is 1.13 bits per heavy atom. The lowest BCUT2D eigenvalue weighted by atomic mass is 9.69. The molecule has 1 N–H and O–H groups in total. The number of allylic oxidation sites excluding steroid dienone is 2. The Balaban J connectivity index is 1.37. The average Bonchev–Trinajstić information content (AvgIpc) is 3.47. The van der Waals surface area contributed by atoms with Crippen molar-refractivity contribution in [3.05, 3.63) is 68.3 Å². The highest BCUT2D eigenvalue weighted by Gasteiger charge is 2.57. The van der Waals surface area contributed by atoms with E-state index in [0.29, 0.717) is 24.5 Å². The predicted molar refractivity (Wildman–Crippen MR) is 161 cm³/mol. The minimum absolute atomic E-state index is 0.0320. The Bertz CT molecular complexity index is 1320. The van der Waals surface area contributed by atoms with Gasteiger partial charge in [-0.3, -0.25) is 14.5 Å². The Morgan fingerprint density at radius 2 is 1.90 bits per heavy atom. The van der Waals surface area contributed by atoms with Crippen molar-refractivity contribution in [2.75, 3.05) is 18.6 Å². The van der Waals surface area contributed by atoms with Crippen molar-refractivity contribution >= 4 is 46.2 Å². The summed E-state index contributed by atoms with van der Waals surface area (Å²) in [5, 5.41) is 10.2. The lowest BCUT2D eigenvalue weighted by Gasteiger charge is -2.31. The summed E-state index contributed by atoms with van der Waals surface area (Å²) in [7, 11) is 1.56. The van der Waals surface area contributed by atoms with Gasteiger partial charge in [0.25, 0.3) is 0 Å². The Hall–Kier alpha value is -2.65. The third-order valence-corrected chi connectivity index (χ3v) is 9.21. The molecule has 0 aromatic heterocycles. The number of amides is 2. The zero-order valence-corrected chi connectivity index (χ0v) is 24.9. The van der Waals surface area contributed by atoms with Crippen LogP contribution < -0.4 is 9.64 Å². The van der Waals surface area contributed by atoms with E-state index in [1.807, 2.05) is 42.5 Å². The van der Waals surface area contributed by atoms with E-state index in [2.05, 4.69) is 42.5 Å². The molecular formula is C32H36INO5. The topological polar surface area (TPSA) is 76.1 Å². The minimum Gasteiger partial charge on any atom is -0.504 e. The van der Waals surface area contributed by atoms with Crippen molar-refractivity contribution in [3.8, 4) is 11.5 Å². The molecule has 1 aliphatic carbocycles. The summed E-state index contributed by atoms with van der Waals surface area (Å²) in [5.41, 5.74) is 5.55. The zero-order chi connectivity index (χ0) is 27.7. The number of imide groups is 1. The molecule has 6 nitrogen and oxygen atoms in total. The van der Waals surface area contributed by atoms with Crippen LogP contribution >= 0.6 is 22.6 Å². The number of carbonyl (C=O) groups excluding carboxylic acids is 2. The van der Waals surface area contributed by atoms with E-state index < -0.39 is 0 Å². The van der Waals surface area contributed by atoms with E-state index in [0.717, 1.165) is 41.2 Å². The second-order valence-electron chi connectivity index (χ2n) is 10.7. The van der Waals surface area contributed by atoms with Crippen LogP contribution in [-0.2, 0) is 14.3 Å². The van der Waals surface area contributed by atoms with Crippen molar-refractivity contribution in [3.63, 3.8) is 0 Å². The number of ether oxygens (including phenoxy) is 2. The summed E-state index contributed by atoms with van der Waals surface area (Å²) in [5.74, 6) is -0.192. The number of para-hydroxylation sites is 1. The Morgan fingerprint density at radius 3 is 2.59 bits per heavy atom. The fourth-order valence-corrected chi connectivity index (χ4v) is 7.24. The fraction of sp³-hybridized carbons (Fsp3) is 0.438. The summed E-state index contributed by atoms with van der Waals surface area (Å²) in [4.78, 5) is 28.5. The second-order valence-corrected chi connectivity index (χ2v) is 11.8. The summed E-state index contributed by atoms with van der Waals surface area (Å²) < 4.78 is 12.5. The van der Waals surface area contributed by atoms with E-state index in [-0.39, 0.29) is 41.4 Å². The Kier molecular flexibility index (Phi) is 8.47. The first-order chi connectivity index (χ1) is 18.9. The number of fused-ring (bicyclic) bond motifs is 3. The number of carbonyl (C=O) groups is 2. The summed E-state index contributed by atoms with van der Waals surface area (Å²) >= 11 is 2.13. The van der Waals surface area contributed by atoms with E-state index in [9.17, 15) is 14.7 Å². The summed E-state index contributed by atoms with van der Waals surface area (Å²) in [6.45, 7) is 4.82. The lowest BCUT2D eigenvalue weighted by molar-refractivity contribution is -0.122. The Labute approximate surface area is 244 Å². The van der Waals surface area contributed by atoms with Crippen LogP contribution in [0.4, 0.5) is 5.69 Å². The van der Waals surface area contributed by atoms with Gasteiger partial charge in [-0.15, -0.1) is 0 Å². The number of methoxy groups -OCH3 is 1. The number of hydrogen-bond donors (Lipinski definition) is 1.